The Morgan fingerprint density at radius 1 is 1.64 bits per heavy atom. The molecule has 0 radical (unpaired) electrons. The highest BCUT2D eigenvalue weighted by molar-refractivity contribution is 6.18. The summed E-state index contributed by atoms with van der Waals surface area (Å²) in [6, 6.07) is 1.28. The van der Waals surface area contributed by atoms with Crippen LogP contribution in [0, 0.1) is 17.7 Å². The van der Waals surface area contributed by atoms with Gasteiger partial charge in [0, 0.05) is 12.3 Å². The molecule has 0 aliphatic carbocycles. The van der Waals surface area contributed by atoms with Crippen LogP contribution in [0.1, 0.15) is 12.0 Å². The lowest BCUT2D eigenvalue weighted by atomic mass is 10.2. The first kappa shape index (κ1) is 10.8. The average molecular weight is 214 g/mol. The SMILES string of the molecule is COc1ncc(F)cc1C#CCCCl. The molecule has 4 heteroatoms. The number of ether oxygens (including phenoxy) is 1. The maximum Gasteiger partial charge on any atom is 0.229 e. The van der Waals surface area contributed by atoms with Gasteiger partial charge in [-0.15, -0.1) is 11.6 Å². The van der Waals surface area contributed by atoms with Crippen molar-refractivity contribution in [1.82, 2.24) is 4.98 Å². The highest BCUT2D eigenvalue weighted by atomic mass is 35.5. The summed E-state index contributed by atoms with van der Waals surface area (Å²) in [5.41, 5.74) is 0.442. The van der Waals surface area contributed by atoms with E-state index in [-0.39, 0.29) is 0 Å². The number of nitrogens with zero attached hydrogens (tertiary/aromatic N) is 1. The molecule has 0 saturated heterocycles. The van der Waals surface area contributed by atoms with Crippen LogP contribution < -0.4 is 4.74 Å². The molecule has 0 amide bonds. The first-order valence-corrected chi connectivity index (χ1v) is 4.55. The minimum Gasteiger partial charge on any atom is -0.480 e. The summed E-state index contributed by atoms with van der Waals surface area (Å²) in [6.45, 7) is 0. The summed E-state index contributed by atoms with van der Waals surface area (Å²) < 4.78 is 17.7. The maximum atomic E-state index is 12.8. The third-order valence-corrected chi connectivity index (χ3v) is 1.64. The Morgan fingerprint density at radius 2 is 2.43 bits per heavy atom. The van der Waals surface area contributed by atoms with Crippen molar-refractivity contribution in [2.45, 2.75) is 6.42 Å². The Morgan fingerprint density at radius 3 is 3.07 bits per heavy atom. The number of halogens is 2. The largest absolute Gasteiger partial charge is 0.480 e. The molecule has 0 aliphatic rings. The normalized spacial score (nSPS) is 9.07. The van der Waals surface area contributed by atoms with Crippen molar-refractivity contribution >= 4 is 11.6 Å². The summed E-state index contributed by atoms with van der Waals surface area (Å²) in [6.07, 6.45) is 1.65. The molecule has 0 bridgehead atoms. The van der Waals surface area contributed by atoms with Gasteiger partial charge < -0.3 is 4.74 Å². The monoisotopic (exact) mass is 213 g/mol. The van der Waals surface area contributed by atoms with Crippen molar-refractivity contribution in [1.29, 1.82) is 0 Å². The molecule has 0 unspecified atom stereocenters. The zero-order chi connectivity index (χ0) is 10.4. The van der Waals surface area contributed by atoms with E-state index in [9.17, 15) is 4.39 Å². The molecule has 1 heterocycles. The van der Waals surface area contributed by atoms with Crippen molar-refractivity contribution < 1.29 is 9.13 Å². The van der Waals surface area contributed by atoms with Crippen molar-refractivity contribution in [2.75, 3.05) is 13.0 Å². The van der Waals surface area contributed by atoms with Gasteiger partial charge in [0.05, 0.1) is 18.9 Å². The molecule has 2 nitrogen and oxygen atoms in total. The van der Waals surface area contributed by atoms with Gasteiger partial charge in [0.15, 0.2) is 0 Å². The fourth-order valence-electron chi connectivity index (χ4n) is 0.884. The molecular formula is C10H9ClFNO. The molecule has 1 aromatic heterocycles. The minimum absolute atomic E-state index is 0.327. The number of pyridine rings is 1. The lowest BCUT2D eigenvalue weighted by Gasteiger charge is -2.00. The molecule has 0 aromatic carbocycles. The van der Waals surface area contributed by atoms with Crippen LogP contribution in [0.4, 0.5) is 4.39 Å². The quantitative estimate of drug-likeness (QED) is 0.555. The third kappa shape index (κ3) is 2.90. The molecule has 1 aromatic rings. The summed E-state index contributed by atoms with van der Waals surface area (Å²) in [5.74, 6) is 5.88. The molecule has 0 N–H and O–H groups in total. The second-order valence-corrected chi connectivity index (χ2v) is 2.83. The van der Waals surface area contributed by atoms with E-state index in [2.05, 4.69) is 16.8 Å². The average Bonchev–Trinajstić information content (AvgIpc) is 2.19. The number of hydrogen-bond acceptors (Lipinski definition) is 2. The second kappa shape index (κ2) is 5.46. The lowest BCUT2D eigenvalue weighted by Crippen LogP contribution is -1.92. The molecule has 0 aliphatic heterocycles. The Kier molecular flexibility index (Phi) is 4.21. The summed E-state index contributed by atoms with van der Waals surface area (Å²) in [7, 11) is 1.47. The van der Waals surface area contributed by atoms with Crippen molar-refractivity contribution in [3.05, 3.63) is 23.6 Å². The topological polar surface area (TPSA) is 22.1 Å². The van der Waals surface area contributed by atoms with Gasteiger partial charge in [0.25, 0.3) is 0 Å². The van der Waals surface area contributed by atoms with Crippen LogP contribution in [-0.4, -0.2) is 18.0 Å². The molecule has 14 heavy (non-hydrogen) atoms. The number of hydrogen-bond donors (Lipinski definition) is 0. The van der Waals surface area contributed by atoms with Crippen LogP contribution in [-0.2, 0) is 0 Å². The Bertz CT molecular complexity index is 370. The molecular weight excluding hydrogens is 205 g/mol. The van der Waals surface area contributed by atoms with Gasteiger partial charge in [-0.05, 0) is 6.07 Å². The molecule has 0 fully saturated rings. The van der Waals surface area contributed by atoms with Crippen molar-refractivity contribution in [3.8, 4) is 17.7 Å². The fourth-order valence-corrected chi connectivity index (χ4v) is 0.978. The van der Waals surface area contributed by atoms with Gasteiger partial charge in [-0.2, -0.15) is 0 Å². The first-order chi connectivity index (χ1) is 6.77. The highest BCUT2D eigenvalue weighted by Crippen LogP contribution is 2.13. The summed E-state index contributed by atoms with van der Waals surface area (Å²) >= 11 is 5.45. The molecule has 0 saturated carbocycles. The van der Waals surface area contributed by atoms with Crippen molar-refractivity contribution in [3.63, 3.8) is 0 Å². The van der Waals surface area contributed by atoms with E-state index in [0.29, 0.717) is 23.7 Å². The molecule has 74 valence electrons. The number of aromatic nitrogens is 1. The van der Waals surface area contributed by atoms with Crippen LogP contribution in [0.2, 0.25) is 0 Å². The number of methoxy groups -OCH3 is 1. The number of rotatable bonds is 2. The van der Waals surface area contributed by atoms with Crippen LogP contribution in [0.15, 0.2) is 12.3 Å². The number of alkyl halides is 1. The third-order valence-electron chi connectivity index (χ3n) is 1.45. The van der Waals surface area contributed by atoms with E-state index in [1.165, 1.54) is 13.2 Å². The summed E-state index contributed by atoms with van der Waals surface area (Å²) in [4.78, 5) is 3.74. The van der Waals surface area contributed by atoms with Crippen molar-refractivity contribution in [2.24, 2.45) is 0 Å². The predicted octanol–water partition coefficient (Wildman–Crippen LogP) is 2.21. The van der Waals surface area contributed by atoms with E-state index < -0.39 is 5.82 Å². The minimum atomic E-state index is -0.430. The van der Waals surface area contributed by atoms with Gasteiger partial charge in [0.2, 0.25) is 5.88 Å². The molecule has 0 atom stereocenters. The maximum absolute atomic E-state index is 12.8. The van der Waals surface area contributed by atoms with Gasteiger partial charge in [-0.1, -0.05) is 11.8 Å². The highest BCUT2D eigenvalue weighted by Gasteiger charge is 2.02. The Balaban J connectivity index is 2.94. The Labute approximate surface area is 87.1 Å². The Hall–Kier alpha value is -1.27. The standard InChI is InChI=1S/C10H9ClFNO/c1-14-10-8(4-2-3-5-11)6-9(12)7-13-10/h6-7H,3,5H2,1H3. The van der Waals surface area contributed by atoms with Crippen LogP contribution in [0.25, 0.3) is 0 Å². The van der Waals surface area contributed by atoms with E-state index in [1.807, 2.05) is 0 Å². The lowest BCUT2D eigenvalue weighted by molar-refractivity contribution is 0.394. The van der Waals surface area contributed by atoms with E-state index in [0.717, 1.165) is 6.20 Å². The van der Waals surface area contributed by atoms with Gasteiger partial charge >= 0.3 is 0 Å². The molecule has 1 rings (SSSR count). The fraction of sp³-hybridized carbons (Fsp3) is 0.300. The van der Waals surface area contributed by atoms with Gasteiger partial charge in [-0.3, -0.25) is 0 Å². The van der Waals surface area contributed by atoms with E-state index in [4.69, 9.17) is 16.3 Å². The zero-order valence-electron chi connectivity index (χ0n) is 7.68. The van der Waals surface area contributed by atoms with E-state index >= 15 is 0 Å². The second-order valence-electron chi connectivity index (χ2n) is 2.45. The molecule has 0 spiro atoms. The smallest absolute Gasteiger partial charge is 0.229 e. The van der Waals surface area contributed by atoms with Gasteiger partial charge in [0.1, 0.15) is 5.82 Å². The first-order valence-electron chi connectivity index (χ1n) is 4.02. The van der Waals surface area contributed by atoms with Crippen LogP contribution >= 0.6 is 11.6 Å². The predicted molar refractivity (Wildman–Crippen MR) is 53.0 cm³/mol. The zero-order valence-corrected chi connectivity index (χ0v) is 8.44. The van der Waals surface area contributed by atoms with E-state index in [1.54, 1.807) is 0 Å². The van der Waals surface area contributed by atoms with Gasteiger partial charge in [-0.25, -0.2) is 9.37 Å². The van der Waals surface area contributed by atoms with Crippen LogP contribution in [0.3, 0.4) is 0 Å². The van der Waals surface area contributed by atoms with Crippen LogP contribution in [0.5, 0.6) is 5.88 Å². The summed E-state index contributed by atoms with van der Waals surface area (Å²) in [5, 5.41) is 0.